The molecule has 1 aliphatic rings. The van der Waals surface area contributed by atoms with Crippen molar-refractivity contribution in [2.75, 3.05) is 44.3 Å². The van der Waals surface area contributed by atoms with E-state index in [4.69, 9.17) is 9.72 Å². The van der Waals surface area contributed by atoms with Gasteiger partial charge in [-0.05, 0) is 36.8 Å². The summed E-state index contributed by atoms with van der Waals surface area (Å²) in [5.74, 6) is -0.178. The van der Waals surface area contributed by atoms with Gasteiger partial charge in [0.1, 0.15) is 0 Å². The van der Waals surface area contributed by atoms with Crippen LogP contribution in [0.1, 0.15) is 31.8 Å². The Labute approximate surface area is 208 Å². The molecule has 4 aromatic rings. The van der Waals surface area contributed by atoms with E-state index in [0.717, 1.165) is 35.4 Å². The molecule has 3 aromatic carbocycles. The highest BCUT2D eigenvalue weighted by Crippen LogP contribution is 2.30. The number of aromatic nitrogens is 1. The normalized spacial score (nSPS) is 14.2. The molecule has 0 saturated carbocycles. The van der Waals surface area contributed by atoms with Crippen molar-refractivity contribution in [3.05, 3.63) is 95.1 Å². The molecule has 35 heavy (non-hydrogen) atoms. The van der Waals surface area contributed by atoms with Crippen LogP contribution >= 0.6 is 11.3 Å². The van der Waals surface area contributed by atoms with Gasteiger partial charge in [0, 0.05) is 42.9 Å². The molecule has 0 atom stereocenters. The number of morpholine rings is 1. The minimum atomic E-state index is -0.118. The summed E-state index contributed by atoms with van der Waals surface area (Å²) < 4.78 is 6.52. The van der Waals surface area contributed by atoms with Gasteiger partial charge in [0.05, 0.1) is 23.4 Å². The van der Waals surface area contributed by atoms with Crippen LogP contribution in [0.15, 0.2) is 72.8 Å². The predicted molar refractivity (Wildman–Crippen MR) is 140 cm³/mol. The Bertz CT molecular complexity index is 1330. The first-order valence-electron chi connectivity index (χ1n) is 11.8. The fraction of sp³-hybridized carbons (Fsp3) is 0.250. The third-order valence-electron chi connectivity index (χ3n) is 6.18. The highest BCUT2D eigenvalue weighted by atomic mass is 32.1. The zero-order chi connectivity index (χ0) is 24.2. The fourth-order valence-corrected chi connectivity index (χ4v) is 5.25. The minimum absolute atomic E-state index is 0.0599. The summed E-state index contributed by atoms with van der Waals surface area (Å²) in [6.45, 7) is 6.47. The second-order valence-corrected chi connectivity index (χ2v) is 9.66. The minimum Gasteiger partial charge on any atom is -0.379 e. The van der Waals surface area contributed by atoms with Gasteiger partial charge in [-0.1, -0.05) is 59.9 Å². The van der Waals surface area contributed by atoms with Crippen LogP contribution in [0, 0.1) is 6.92 Å². The molecule has 0 N–H and O–H groups in total. The van der Waals surface area contributed by atoms with Crippen molar-refractivity contribution in [1.82, 2.24) is 9.88 Å². The van der Waals surface area contributed by atoms with Gasteiger partial charge < -0.3 is 4.74 Å². The molecule has 0 spiro atoms. The standard InChI is InChI=1S/C28H27N3O3S/c1-20-7-12-24-25(19-20)35-28(29-24)31(14-13-30-15-17-34-18-16-30)27(33)23-10-8-22(9-11-23)26(32)21-5-3-2-4-6-21/h2-12,19H,13-18H2,1H3. The van der Waals surface area contributed by atoms with Crippen molar-refractivity contribution in [3.63, 3.8) is 0 Å². The van der Waals surface area contributed by atoms with Crippen molar-refractivity contribution in [1.29, 1.82) is 0 Å². The summed E-state index contributed by atoms with van der Waals surface area (Å²) in [6.07, 6.45) is 0. The Morgan fingerprint density at radius 2 is 1.63 bits per heavy atom. The fourth-order valence-electron chi connectivity index (χ4n) is 4.16. The molecule has 0 bridgehead atoms. The van der Waals surface area contributed by atoms with E-state index in [1.165, 1.54) is 11.3 Å². The Balaban J connectivity index is 1.40. The van der Waals surface area contributed by atoms with Gasteiger partial charge >= 0.3 is 0 Å². The monoisotopic (exact) mass is 485 g/mol. The van der Waals surface area contributed by atoms with E-state index in [-0.39, 0.29) is 11.7 Å². The molecule has 7 heteroatoms. The number of aryl methyl sites for hydroxylation is 1. The molecule has 1 amide bonds. The van der Waals surface area contributed by atoms with E-state index in [2.05, 4.69) is 17.9 Å². The number of hydrogen-bond acceptors (Lipinski definition) is 6. The van der Waals surface area contributed by atoms with E-state index in [9.17, 15) is 9.59 Å². The van der Waals surface area contributed by atoms with Gasteiger partial charge in [-0.2, -0.15) is 0 Å². The molecule has 1 fully saturated rings. The average molecular weight is 486 g/mol. The molecule has 178 valence electrons. The van der Waals surface area contributed by atoms with E-state index >= 15 is 0 Å². The molecule has 2 heterocycles. The van der Waals surface area contributed by atoms with Crippen molar-refractivity contribution in [3.8, 4) is 0 Å². The predicted octanol–water partition coefficient (Wildman–Crippen LogP) is 4.81. The molecule has 0 unspecified atom stereocenters. The Hall–Kier alpha value is -3.39. The molecule has 0 radical (unpaired) electrons. The summed E-state index contributed by atoms with van der Waals surface area (Å²) in [7, 11) is 0. The quantitative estimate of drug-likeness (QED) is 0.352. The zero-order valence-electron chi connectivity index (χ0n) is 19.6. The number of fused-ring (bicyclic) bond motifs is 1. The molecule has 1 aromatic heterocycles. The number of rotatable bonds is 7. The summed E-state index contributed by atoms with van der Waals surface area (Å²) in [5.41, 5.74) is 3.78. The maximum absolute atomic E-state index is 13.7. The first-order valence-corrected chi connectivity index (χ1v) is 12.6. The van der Waals surface area contributed by atoms with Crippen LogP contribution in [0.3, 0.4) is 0 Å². The maximum atomic E-state index is 13.7. The number of benzene rings is 3. The van der Waals surface area contributed by atoms with Crippen LogP contribution in [0.2, 0.25) is 0 Å². The number of amides is 1. The lowest BCUT2D eigenvalue weighted by molar-refractivity contribution is 0.0391. The highest BCUT2D eigenvalue weighted by molar-refractivity contribution is 7.22. The number of carbonyl (C=O) groups is 2. The molecular formula is C28H27N3O3S. The molecule has 1 aliphatic heterocycles. The lowest BCUT2D eigenvalue weighted by atomic mass is 10.0. The van der Waals surface area contributed by atoms with Crippen molar-refractivity contribution in [2.24, 2.45) is 0 Å². The van der Waals surface area contributed by atoms with E-state index < -0.39 is 0 Å². The second-order valence-electron chi connectivity index (χ2n) is 8.65. The maximum Gasteiger partial charge on any atom is 0.260 e. The van der Waals surface area contributed by atoms with Crippen LogP contribution in [0.5, 0.6) is 0 Å². The molecule has 0 aliphatic carbocycles. The molecule has 5 rings (SSSR count). The van der Waals surface area contributed by atoms with Gasteiger partial charge in [-0.3, -0.25) is 19.4 Å². The topological polar surface area (TPSA) is 62.7 Å². The number of carbonyl (C=O) groups excluding carboxylic acids is 2. The Morgan fingerprint density at radius 1 is 0.943 bits per heavy atom. The van der Waals surface area contributed by atoms with Gasteiger partial charge in [0.15, 0.2) is 10.9 Å². The van der Waals surface area contributed by atoms with E-state index in [1.54, 1.807) is 41.3 Å². The smallest absolute Gasteiger partial charge is 0.260 e. The number of nitrogens with zero attached hydrogens (tertiary/aromatic N) is 3. The first kappa shape index (κ1) is 23.4. The van der Waals surface area contributed by atoms with Gasteiger partial charge in [-0.25, -0.2) is 4.98 Å². The number of anilines is 1. The number of hydrogen-bond donors (Lipinski definition) is 0. The van der Waals surface area contributed by atoms with Crippen LogP contribution in [0.25, 0.3) is 10.2 Å². The lowest BCUT2D eigenvalue weighted by Crippen LogP contribution is -2.43. The van der Waals surface area contributed by atoms with Crippen LogP contribution in [0.4, 0.5) is 5.13 Å². The van der Waals surface area contributed by atoms with Crippen LogP contribution < -0.4 is 4.90 Å². The van der Waals surface area contributed by atoms with Gasteiger partial charge in [-0.15, -0.1) is 0 Å². The SMILES string of the molecule is Cc1ccc2nc(N(CCN3CCOCC3)C(=O)c3ccc(C(=O)c4ccccc4)cc3)sc2c1. The summed E-state index contributed by atoms with van der Waals surface area (Å²) in [5, 5.41) is 0.688. The highest BCUT2D eigenvalue weighted by Gasteiger charge is 2.23. The Kier molecular flexibility index (Phi) is 6.99. The summed E-state index contributed by atoms with van der Waals surface area (Å²) in [6, 6.07) is 22.2. The number of ketones is 1. The van der Waals surface area contributed by atoms with Crippen LogP contribution in [-0.2, 0) is 4.74 Å². The summed E-state index contributed by atoms with van der Waals surface area (Å²) >= 11 is 1.53. The lowest BCUT2D eigenvalue weighted by Gasteiger charge is -2.29. The zero-order valence-corrected chi connectivity index (χ0v) is 20.5. The van der Waals surface area contributed by atoms with Crippen LogP contribution in [-0.4, -0.2) is 61.0 Å². The summed E-state index contributed by atoms with van der Waals surface area (Å²) in [4.78, 5) is 35.3. The van der Waals surface area contributed by atoms with Gasteiger partial charge in [0.2, 0.25) is 0 Å². The number of ether oxygens (including phenoxy) is 1. The van der Waals surface area contributed by atoms with E-state index in [1.807, 2.05) is 30.3 Å². The van der Waals surface area contributed by atoms with Gasteiger partial charge in [0.25, 0.3) is 5.91 Å². The number of thiazole rings is 1. The third kappa shape index (κ3) is 5.32. The Morgan fingerprint density at radius 3 is 2.37 bits per heavy atom. The largest absolute Gasteiger partial charge is 0.379 e. The molecule has 6 nitrogen and oxygen atoms in total. The van der Waals surface area contributed by atoms with Crippen molar-refractivity contribution >= 4 is 38.4 Å². The average Bonchev–Trinajstić information content (AvgIpc) is 3.32. The second kappa shape index (κ2) is 10.5. The third-order valence-corrected chi connectivity index (χ3v) is 7.22. The van der Waals surface area contributed by atoms with Crippen molar-refractivity contribution < 1.29 is 14.3 Å². The van der Waals surface area contributed by atoms with E-state index in [0.29, 0.717) is 41.6 Å². The van der Waals surface area contributed by atoms with Crippen molar-refractivity contribution in [2.45, 2.75) is 6.92 Å². The molecule has 1 saturated heterocycles. The molecular weight excluding hydrogens is 458 g/mol. The first-order chi connectivity index (χ1) is 17.1.